The molecule has 4 rings (SSSR count). The molecule has 8 heteroatoms. The summed E-state index contributed by atoms with van der Waals surface area (Å²) in [6.07, 6.45) is 4.60. The molecule has 0 radical (unpaired) electrons. The van der Waals surface area contributed by atoms with Crippen LogP contribution in [-0.4, -0.2) is 40.1 Å². The number of anilines is 1. The van der Waals surface area contributed by atoms with Crippen LogP contribution in [0.5, 0.6) is 0 Å². The van der Waals surface area contributed by atoms with Crippen LogP contribution in [0.15, 0.2) is 30.5 Å². The minimum atomic E-state index is -0.799. The third kappa shape index (κ3) is 3.41. The number of rotatable bonds is 4. The Morgan fingerprint density at radius 1 is 1.44 bits per heavy atom. The standard InChI is InChI=1S/C19H20FN3O3S/c20-14-5-1-3-12(7-14)8-15-9-21-17(27-15)22-18(26)23-10-13-4-2-6-19(13,11-23)16(24)25/h1,3,5,7,9,13H,2,4,6,8,10-11H2,(H,24,25)(H,21,22,26)/t13-,19+/m0/s1. The number of carboxylic acid groups (broad SMARTS) is 1. The average Bonchev–Trinajstić information content (AvgIpc) is 3.29. The molecule has 1 saturated carbocycles. The zero-order valence-corrected chi connectivity index (χ0v) is 15.5. The summed E-state index contributed by atoms with van der Waals surface area (Å²) in [6.45, 7) is 0.722. The second kappa shape index (κ2) is 6.92. The zero-order valence-electron chi connectivity index (χ0n) is 14.7. The second-order valence-corrected chi connectivity index (χ2v) is 8.41. The van der Waals surface area contributed by atoms with E-state index in [0.717, 1.165) is 23.3 Å². The SMILES string of the molecule is O=C(Nc1ncc(Cc2cccc(F)c2)s1)N1C[C@@H]2CCC[C@@]2(C(=O)O)C1. The molecule has 2 atom stereocenters. The molecule has 2 amide bonds. The van der Waals surface area contributed by atoms with Gasteiger partial charge in [0.05, 0.1) is 5.41 Å². The Kier molecular flexibility index (Phi) is 4.59. The Hall–Kier alpha value is -2.48. The molecule has 0 bridgehead atoms. The van der Waals surface area contributed by atoms with Crippen molar-refractivity contribution in [1.82, 2.24) is 9.88 Å². The van der Waals surface area contributed by atoms with Gasteiger partial charge in [0.1, 0.15) is 5.82 Å². The number of aromatic nitrogens is 1. The molecule has 2 heterocycles. The van der Waals surface area contributed by atoms with Crippen LogP contribution < -0.4 is 5.32 Å². The monoisotopic (exact) mass is 389 g/mol. The summed E-state index contributed by atoms with van der Waals surface area (Å²) >= 11 is 1.34. The van der Waals surface area contributed by atoms with Gasteiger partial charge in [0.15, 0.2) is 5.13 Å². The molecule has 0 spiro atoms. The molecule has 2 N–H and O–H groups in total. The smallest absolute Gasteiger partial charge is 0.323 e. The van der Waals surface area contributed by atoms with Gasteiger partial charge in [-0.2, -0.15) is 0 Å². The number of halogens is 1. The molecule has 2 fully saturated rings. The van der Waals surface area contributed by atoms with Gasteiger partial charge in [0.2, 0.25) is 0 Å². The van der Waals surface area contributed by atoms with Gasteiger partial charge in [0.25, 0.3) is 0 Å². The van der Waals surface area contributed by atoms with Gasteiger partial charge in [-0.05, 0) is 36.5 Å². The highest BCUT2D eigenvalue weighted by molar-refractivity contribution is 7.15. The Balaban J connectivity index is 1.39. The first-order valence-corrected chi connectivity index (χ1v) is 9.76. The van der Waals surface area contributed by atoms with E-state index in [4.69, 9.17) is 0 Å². The fourth-order valence-corrected chi connectivity index (χ4v) is 5.10. The van der Waals surface area contributed by atoms with Gasteiger partial charge < -0.3 is 10.0 Å². The third-order valence-electron chi connectivity index (χ3n) is 5.62. The maximum Gasteiger partial charge on any atom is 0.323 e. The van der Waals surface area contributed by atoms with Crippen LogP contribution in [0.25, 0.3) is 0 Å². The maximum absolute atomic E-state index is 13.3. The highest BCUT2D eigenvalue weighted by Gasteiger charge is 2.55. The largest absolute Gasteiger partial charge is 0.481 e. The summed E-state index contributed by atoms with van der Waals surface area (Å²) in [5.41, 5.74) is 0.0512. The second-order valence-electron chi connectivity index (χ2n) is 7.30. The molecule has 1 saturated heterocycles. The highest BCUT2D eigenvalue weighted by atomic mass is 32.1. The number of amides is 2. The normalized spacial score (nSPS) is 24.0. The summed E-state index contributed by atoms with van der Waals surface area (Å²) in [5.74, 6) is -1.05. The Bertz CT molecular complexity index is 887. The molecule has 2 aromatic rings. The number of thiazole rings is 1. The van der Waals surface area contributed by atoms with E-state index in [-0.39, 0.29) is 24.3 Å². The first-order valence-electron chi connectivity index (χ1n) is 8.95. The molecular formula is C19H20FN3O3S. The number of carbonyl (C=O) groups is 2. The van der Waals surface area contributed by atoms with Crippen molar-refractivity contribution in [3.63, 3.8) is 0 Å². The lowest BCUT2D eigenvalue weighted by molar-refractivity contribution is -0.149. The molecule has 0 unspecified atom stereocenters. The van der Waals surface area contributed by atoms with Crippen LogP contribution in [-0.2, 0) is 11.2 Å². The van der Waals surface area contributed by atoms with Crippen molar-refractivity contribution in [3.05, 3.63) is 46.7 Å². The Morgan fingerprint density at radius 2 is 2.30 bits per heavy atom. The lowest BCUT2D eigenvalue weighted by atomic mass is 9.81. The number of aliphatic carboxylic acids is 1. The molecule has 1 aromatic carbocycles. The fraction of sp³-hybridized carbons (Fsp3) is 0.421. The fourth-order valence-electron chi connectivity index (χ4n) is 4.26. The lowest BCUT2D eigenvalue weighted by Gasteiger charge is -2.23. The van der Waals surface area contributed by atoms with E-state index < -0.39 is 11.4 Å². The summed E-state index contributed by atoms with van der Waals surface area (Å²) in [4.78, 5) is 31.0. The van der Waals surface area contributed by atoms with Crippen molar-refractivity contribution in [2.45, 2.75) is 25.7 Å². The van der Waals surface area contributed by atoms with E-state index >= 15 is 0 Å². The first-order chi connectivity index (χ1) is 13.0. The van der Waals surface area contributed by atoms with Gasteiger partial charge in [-0.15, -0.1) is 11.3 Å². The number of nitrogens with zero attached hydrogens (tertiary/aromatic N) is 2. The molecule has 1 aliphatic carbocycles. The summed E-state index contributed by atoms with van der Waals surface area (Å²) in [7, 11) is 0. The number of carboxylic acids is 1. The molecule has 1 aromatic heterocycles. The minimum absolute atomic E-state index is 0.0283. The van der Waals surface area contributed by atoms with Crippen molar-refractivity contribution < 1.29 is 19.1 Å². The van der Waals surface area contributed by atoms with Crippen molar-refractivity contribution in [2.24, 2.45) is 11.3 Å². The third-order valence-corrected chi connectivity index (χ3v) is 6.53. The number of carbonyl (C=O) groups excluding carboxylic acids is 1. The van der Waals surface area contributed by atoms with Gasteiger partial charge in [0, 0.05) is 30.6 Å². The van der Waals surface area contributed by atoms with Crippen LogP contribution in [0, 0.1) is 17.2 Å². The summed E-state index contributed by atoms with van der Waals surface area (Å²) in [5, 5.41) is 12.9. The number of hydrogen-bond acceptors (Lipinski definition) is 4. The molecule has 6 nitrogen and oxygen atoms in total. The summed E-state index contributed by atoms with van der Waals surface area (Å²) in [6, 6.07) is 6.08. The van der Waals surface area contributed by atoms with E-state index in [1.807, 2.05) is 6.07 Å². The molecular weight excluding hydrogens is 369 g/mol. The number of likely N-dealkylation sites (tertiary alicyclic amines) is 1. The molecule has 142 valence electrons. The van der Waals surface area contributed by atoms with Gasteiger partial charge in [-0.1, -0.05) is 18.6 Å². The Labute approximate surface area is 160 Å². The molecule has 1 aliphatic heterocycles. The first kappa shape index (κ1) is 17.9. The van der Waals surface area contributed by atoms with E-state index in [0.29, 0.717) is 24.5 Å². The van der Waals surface area contributed by atoms with Crippen molar-refractivity contribution in [2.75, 3.05) is 18.4 Å². The van der Waals surface area contributed by atoms with E-state index in [2.05, 4.69) is 10.3 Å². The lowest BCUT2D eigenvalue weighted by Crippen LogP contribution is -2.38. The van der Waals surface area contributed by atoms with E-state index in [1.54, 1.807) is 17.2 Å². The van der Waals surface area contributed by atoms with Crippen LogP contribution >= 0.6 is 11.3 Å². The Morgan fingerprint density at radius 3 is 3.04 bits per heavy atom. The number of benzene rings is 1. The van der Waals surface area contributed by atoms with Crippen LogP contribution in [0.4, 0.5) is 14.3 Å². The van der Waals surface area contributed by atoms with Crippen LogP contribution in [0.2, 0.25) is 0 Å². The van der Waals surface area contributed by atoms with Crippen molar-refractivity contribution in [1.29, 1.82) is 0 Å². The zero-order chi connectivity index (χ0) is 19.0. The topological polar surface area (TPSA) is 82.5 Å². The van der Waals surface area contributed by atoms with Crippen LogP contribution in [0.3, 0.4) is 0 Å². The van der Waals surface area contributed by atoms with Gasteiger partial charge >= 0.3 is 12.0 Å². The number of hydrogen-bond donors (Lipinski definition) is 2. The maximum atomic E-state index is 13.3. The van der Waals surface area contributed by atoms with Gasteiger partial charge in [-0.3, -0.25) is 10.1 Å². The summed E-state index contributed by atoms with van der Waals surface area (Å²) < 4.78 is 13.3. The minimum Gasteiger partial charge on any atom is -0.481 e. The van der Waals surface area contributed by atoms with Crippen molar-refractivity contribution >= 4 is 28.5 Å². The number of nitrogens with one attached hydrogen (secondary N) is 1. The van der Waals surface area contributed by atoms with Crippen LogP contribution in [0.1, 0.15) is 29.7 Å². The predicted octanol–water partition coefficient (Wildman–Crippen LogP) is 3.59. The van der Waals surface area contributed by atoms with Crippen molar-refractivity contribution in [3.8, 4) is 0 Å². The number of urea groups is 1. The quantitative estimate of drug-likeness (QED) is 0.837. The van der Waals surface area contributed by atoms with Gasteiger partial charge in [-0.25, -0.2) is 14.2 Å². The molecule has 2 aliphatic rings. The predicted molar refractivity (Wildman–Crippen MR) is 99.3 cm³/mol. The molecule has 27 heavy (non-hydrogen) atoms. The van der Waals surface area contributed by atoms with E-state index in [1.165, 1.54) is 23.5 Å². The highest BCUT2D eigenvalue weighted by Crippen LogP contribution is 2.48. The number of fused-ring (bicyclic) bond motifs is 1. The average molecular weight is 389 g/mol. The van der Waals surface area contributed by atoms with E-state index in [9.17, 15) is 19.1 Å².